The standard InChI is InChI=1S/C15H18FN3O2S.2ClH/c1-9(7-17)18-15(20)14-10(2)19-13(22-14)8-21-12-5-3-11(16)4-6-12;;/h3-6,9H,7-8,17H2,1-2H3,(H,18,20);2*1H/t9-;;/m0../s1. The quantitative estimate of drug-likeness (QED) is 0.787. The molecule has 0 bridgehead atoms. The fraction of sp³-hybridized carbons (Fsp3) is 0.333. The van der Waals surface area contributed by atoms with E-state index in [9.17, 15) is 9.18 Å². The molecule has 0 unspecified atom stereocenters. The number of carbonyl (C=O) groups is 1. The molecule has 0 saturated heterocycles. The number of nitrogens with two attached hydrogens (primary N) is 1. The van der Waals surface area contributed by atoms with Crippen molar-refractivity contribution in [3.05, 3.63) is 45.7 Å². The molecule has 134 valence electrons. The third-order valence-corrected chi connectivity index (χ3v) is 4.08. The van der Waals surface area contributed by atoms with E-state index in [2.05, 4.69) is 10.3 Å². The van der Waals surface area contributed by atoms with E-state index in [0.717, 1.165) is 0 Å². The van der Waals surface area contributed by atoms with Crippen molar-refractivity contribution >= 4 is 42.1 Å². The van der Waals surface area contributed by atoms with Crippen LogP contribution in [0.3, 0.4) is 0 Å². The van der Waals surface area contributed by atoms with E-state index in [1.165, 1.54) is 23.5 Å². The third-order valence-electron chi connectivity index (χ3n) is 2.95. The summed E-state index contributed by atoms with van der Waals surface area (Å²) in [5, 5.41) is 3.49. The highest BCUT2D eigenvalue weighted by Gasteiger charge is 2.16. The molecule has 2 aromatic rings. The van der Waals surface area contributed by atoms with Gasteiger partial charge in [0.1, 0.15) is 28.1 Å². The molecule has 0 spiro atoms. The van der Waals surface area contributed by atoms with Gasteiger partial charge in [-0.3, -0.25) is 4.79 Å². The van der Waals surface area contributed by atoms with Crippen LogP contribution in [0.25, 0.3) is 0 Å². The zero-order valence-electron chi connectivity index (χ0n) is 13.2. The summed E-state index contributed by atoms with van der Waals surface area (Å²) in [5.74, 6) is 0.0587. The molecule has 1 atom stereocenters. The van der Waals surface area contributed by atoms with E-state index in [-0.39, 0.29) is 49.2 Å². The van der Waals surface area contributed by atoms with Gasteiger partial charge in [-0.2, -0.15) is 0 Å². The maximum atomic E-state index is 12.8. The predicted octanol–water partition coefficient (Wildman–Crippen LogP) is 3.09. The molecule has 0 radical (unpaired) electrons. The average Bonchev–Trinajstić information content (AvgIpc) is 2.87. The second-order valence-electron chi connectivity index (χ2n) is 4.87. The van der Waals surface area contributed by atoms with Crippen LogP contribution < -0.4 is 15.8 Å². The van der Waals surface area contributed by atoms with Gasteiger partial charge in [0.2, 0.25) is 0 Å². The van der Waals surface area contributed by atoms with Crippen LogP contribution in [0, 0.1) is 12.7 Å². The second kappa shape index (κ2) is 10.5. The highest BCUT2D eigenvalue weighted by Crippen LogP contribution is 2.20. The molecule has 2 rings (SSSR count). The first-order chi connectivity index (χ1) is 10.5. The number of thiazole rings is 1. The van der Waals surface area contributed by atoms with Crippen LogP contribution in [0.4, 0.5) is 4.39 Å². The highest BCUT2D eigenvalue weighted by atomic mass is 35.5. The Morgan fingerprint density at radius 3 is 2.58 bits per heavy atom. The van der Waals surface area contributed by atoms with Crippen molar-refractivity contribution in [3.63, 3.8) is 0 Å². The molecular formula is C15H20Cl2FN3O2S. The van der Waals surface area contributed by atoms with E-state index in [1.54, 1.807) is 19.1 Å². The Kier molecular flexibility index (Phi) is 9.84. The number of aryl methyl sites for hydroxylation is 1. The fourth-order valence-electron chi connectivity index (χ4n) is 1.75. The summed E-state index contributed by atoms with van der Waals surface area (Å²) in [4.78, 5) is 17.0. The van der Waals surface area contributed by atoms with E-state index >= 15 is 0 Å². The predicted molar refractivity (Wildman–Crippen MR) is 98.1 cm³/mol. The highest BCUT2D eigenvalue weighted by molar-refractivity contribution is 7.13. The van der Waals surface area contributed by atoms with Crippen molar-refractivity contribution in [3.8, 4) is 5.75 Å². The summed E-state index contributed by atoms with van der Waals surface area (Å²) in [7, 11) is 0. The molecule has 0 aliphatic carbocycles. The second-order valence-corrected chi connectivity index (χ2v) is 5.96. The molecule has 1 aromatic carbocycles. The van der Waals surface area contributed by atoms with Gasteiger partial charge in [0.15, 0.2) is 0 Å². The molecule has 0 aliphatic heterocycles. The normalized spacial score (nSPS) is 11.0. The van der Waals surface area contributed by atoms with Gasteiger partial charge in [0.05, 0.1) is 5.69 Å². The molecule has 0 saturated carbocycles. The number of ether oxygens (including phenoxy) is 1. The van der Waals surface area contributed by atoms with Gasteiger partial charge in [0, 0.05) is 12.6 Å². The van der Waals surface area contributed by atoms with E-state index in [4.69, 9.17) is 10.5 Å². The average molecular weight is 396 g/mol. The van der Waals surface area contributed by atoms with Crippen LogP contribution >= 0.6 is 36.2 Å². The van der Waals surface area contributed by atoms with Crippen molar-refractivity contribution in [2.45, 2.75) is 26.5 Å². The van der Waals surface area contributed by atoms with Crippen molar-refractivity contribution in [1.82, 2.24) is 10.3 Å². The van der Waals surface area contributed by atoms with Crippen LogP contribution in [-0.4, -0.2) is 23.5 Å². The van der Waals surface area contributed by atoms with Crippen molar-refractivity contribution in [2.24, 2.45) is 5.73 Å². The van der Waals surface area contributed by atoms with Crippen molar-refractivity contribution < 1.29 is 13.9 Å². The van der Waals surface area contributed by atoms with Gasteiger partial charge >= 0.3 is 0 Å². The minimum atomic E-state index is -0.314. The van der Waals surface area contributed by atoms with Gasteiger partial charge in [0.25, 0.3) is 5.91 Å². The number of carbonyl (C=O) groups excluding carboxylic acids is 1. The molecule has 5 nitrogen and oxygen atoms in total. The van der Waals surface area contributed by atoms with Crippen LogP contribution in [0.1, 0.15) is 27.3 Å². The Morgan fingerprint density at radius 2 is 2.00 bits per heavy atom. The number of hydrogen-bond acceptors (Lipinski definition) is 5. The van der Waals surface area contributed by atoms with Crippen LogP contribution in [0.15, 0.2) is 24.3 Å². The van der Waals surface area contributed by atoms with E-state index < -0.39 is 0 Å². The smallest absolute Gasteiger partial charge is 0.263 e. The molecule has 0 aliphatic rings. The molecule has 1 aromatic heterocycles. The first kappa shape index (κ1) is 22.6. The number of aromatic nitrogens is 1. The molecule has 3 N–H and O–H groups in total. The number of benzene rings is 1. The molecule has 24 heavy (non-hydrogen) atoms. The lowest BCUT2D eigenvalue weighted by Crippen LogP contribution is -2.37. The minimum absolute atomic E-state index is 0. The van der Waals surface area contributed by atoms with Crippen molar-refractivity contribution in [2.75, 3.05) is 6.54 Å². The molecular weight excluding hydrogens is 376 g/mol. The number of amides is 1. The summed E-state index contributed by atoms with van der Waals surface area (Å²) >= 11 is 1.28. The third kappa shape index (κ3) is 6.24. The zero-order valence-corrected chi connectivity index (χ0v) is 15.7. The zero-order chi connectivity index (χ0) is 16.1. The fourth-order valence-corrected chi connectivity index (χ4v) is 2.63. The summed E-state index contributed by atoms with van der Waals surface area (Å²) in [6.07, 6.45) is 0. The Hall–Kier alpha value is -1.41. The summed E-state index contributed by atoms with van der Waals surface area (Å²) < 4.78 is 18.3. The van der Waals surface area contributed by atoms with Crippen LogP contribution in [0.2, 0.25) is 0 Å². The first-order valence-electron chi connectivity index (χ1n) is 6.85. The minimum Gasteiger partial charge on any atom is -0.486 e. The molecule has 9 heteroatoms. The van der Waals surface area contributed by atoms with Gasteiger partial charge < -0.3 is 15.8 Å². The van der Waals surface area contributed by atoms with Crippen molar-refractivity contribution in [1.29, 1.82) is 0 Å². The number of halogens is 3. The topological polar surface area (TPSA) is 77.2 Å². The van der Waals surface area contributed by atoms with Gasteiger partial charge in [-0.1, -0.05) is 0 Å². The number of nitrogens with one attached hydrogen (secondary N) is 1. The number of hydrogen-bond donors (Lipinski definition) is 2. The lowest BCUT2D eigenvalue weighted by molar-refractivity contribution is 0.0944. The molecule has 0 fully saturated rings. The van der Waals surface area contributed by atoms with E-state index in [0.29, 0.717) is 27.9 Å². The Labute approximate surface area is 156 Å². The SMILES string of the molecule is Cc1nc(COc2ccc(F)cc2)sc1C(=O)N[C@@H](C)CN.Cl.Cl. The largest absolute Gasteiger partial charge is 0.486 e. The van der Waals surface area contributed by atoms with E-state index in [1.807, 2.05) is 6.92 Å². The van der Waals surface area contributed by atoms with Gasteiger partial charge in [-0.05, 0) is 38.1 Å². The number of rotatable bonds is 6. The lowest BCUT2D eigenvalue weighted by Gasteiger charge is -2.09. The van der Waals surface area contributed by atoms with Crippen LogP contribution in [0.5, 0.6) is 5.75 Å². The Bertz CT molecular complexity index is 653. The van der Waals surface area contributed by atoms with Crippen LogP contribution in [-0.2, 0) is 6.61 Å². The number of nitrogens with zero attached hydrogens (tertiary/aromatic N) is 1. The van der Waals surface area contributed by atoms with Gasteiger partial charge in [-0.15, -0.1) is 36.2 Å². The molecule has 1 heterocycles. The molecule has 1 amide bonds. The maximum absolute atomic E-state index is 12.8. The Balaban J connectivity index is 0.00000264. The lowest BCUT2D eigenvalue weighted by atomic mass is 10.3. The van der Waals surface area contributed by atoms with Gasteiger partial charge in [-0.25, -0.2) is 9.37 Å². The first-order valence-corrected chi connectivity index (χ1v) is 7.67. The maximum Gasteiger partial charge on any atom is 0.263 e. The Morgan fingerprint density at radius 1 is 1.38 bits per heavy atom. The monoisotopic (exact) mass is 395 g/mol. The summed E-state index contributed by atoms with van der Waals surface area (Å²) in [5.41, 5.74) is 6.15. The summed E-state index contributed by atoms with van der Waals surface area (Å²) in [6, 6.07) is 5.66. The summed E-state index contributed by atoms with van der Waals surface area (Å²) in [6.45, 7) is 4.23.